The van der Waals surface area contributed by atoms with E-state index in [0.717, 1.165) is 0 Å². The van der Waals surface area contributed by atoms with Crippen LogP contribution in [0.1, 0.15) is 34.6 Å². The van der Waals surface area contributed by atoms with Crippen LogP contribution in [-0.2, 0) is 4.79 Å². The molecule has 0 aliphatic heterocycles. The van der Waals surface area contributed by atoms with E-state index in [1.807, 2.05) is 0 Å². The number of hydrogen-bond donors (Lipinski definition) is 2. The number of carboxylic acid groups (broad SMARTS) is 1. The lowest BCUT2D eigenvalue weighted by Crippen LogP contribution is -2.13. The van der Waals surface area contributed by atoms with Crippen LogP contribution in [-0.4, -0.2) is 26.8 Å². The number of fused-ring (bicyclic) bond motifs is 1. The topological polar surface area (TPSA) is 83.0 Å². The molecule has 0 saturated carbocycles. The lowest BCUT2D eigenvalue weighted by molar-refractivity contribution is -0.138. The molecule has 0 radical (unpaired) electrons. The Labute approximate surface area is 147 Å². The van der Waals surface area contributed by atoms with Gasteiger partial charge in [-0.15, -0.1) is 0 Å². The molecule has 3 aromatic rings. The predicted octanol–water partition coefficient (Wildman–Crippen LogP) is 4.29. The van der Waals surface area contributed by atoms with Gasteiger partial charge in [-0.25, -0.2) is 0 Å². The maximum atomic E-state index is 12.8. The van der Waals surface area contributed by atoms with Gasteiger partial charge in [-0.1, -0.05) is 23.2 Å². The summed E-state index contributed by atoms with van der Waals surface area (Å²) in [4.78, 5) is 31.3. The normalized spacial score (nSPS) is 12.3. The van der Waals surface area contributed by atoms with Crippen LogP contribution in [0.3, 0.4) is 0 Å². The predicted molar refractivity (Wildman–Crippen MR) is 92.0 cm³/mol. The summed E-state index contributed by atoms with van der Waals surface area (Å²) in [6.07, 6.45) is 1.37. The summed E-state index contributed by atoms with van der Waals surface area (Å²) in [5, 5.41) is 10.9. The molecule has 3 rings (SSSR count). The van der Waals surface area contributed by atoms with Crippen molar-refractivity contribution in [2.24, 2.45) is 0 Å². The molecule has 0 aliphatic carbocycles. The van der Waals surface area contributed by atoms with Crippen LogP contribution in [0, 0.1) is 0 Å². The van der Waals surface area contributed by atoms with Crippen molar-refractivity contribution in [2.45, 2.75) is 12.8 Å². The van der Waals surface area contributed by atoms with E-state index in [2.05, 4.69) is 9.97 Å². The van der Waals surface area contributed by atoms with Gasteiger partial charge in [0.05, 0.1) is 16.6 Å². The molecule has 0 spiro atoms. The molecule has 0 amide bonds. The van der Waals surface area contributed by atoms with E-state index in [4.69, 9.17) is 23.2 Å². The lowest BCUT2D eigenvalue weighted by atomic mass is 9.95. The molecule has 1 unspecified atom stereocenters. The first-order valence-corrected chi connectivity index (χ1v) is 7.84. The van der Waals surface area contributed by atoms with Gasteiger partial charge in [0, 0.05) is 27.7 Å². The van der Waals surface area contributed by atoms with Crippen LogP contribution in [0.15, 0.2) is 36.5 Å². The molecule has 2 N–H and O–H groups in total. The highest BCUT2D eigenvalue weighted by atomic mass is 35.5. The number of aromatic amines is 1. The molecule has 0 saturated heterocycles. The first kappa shape index (κ1) is 16.5. The Morgan fingerprint density at radius 3 is 2.50 bits per heavy atom. The fourth-order valence-corrected chi connectivity index (χ4v) is 2.86. The number of aromatic nitrogens is 2. The van der Waals surface area contributed by atoms with Crippen LogP contribution >= 0.6 is 23.2 Å². The minimum absolute atomic E-state index is 0.177. The zero-order valence-corrected chi connectivity index (χ0v) is 14.0. The number of nitrogens with one attached hydrogen (secondary N) is 1. The first-order chi connectivity index (χ1) is 11.4. The maximum Gasteiger partial charge on any atom is 0.310 e. The SMILES string of the molecule is CC(C(=O)O)c1c(C(=O)c2ccc(Cl)cn2)[nH]c2ccc(Cl)cc12. The van der Waals surface area contributed by atoms with E-state index in [-0.39, 0.29) is 11.4 Å². The second-order valence-corrected chi connectivity index (χ2v) is 6.23. The van der Waals surface area contributed by atoms with E-state index < -0.39 is 17.7 Å². The summed E-state index contributed by atoms with van der Waals surface area (Å²) in [6.45, 7) is 1.53. The number of carbonyl (C=O) groups is 2. The van der Waals surface area contributed by atoms with E-state index >= 15 is 0 Å². The van der Waals surface area contributed by atoms with Gasteiger partial charge < -0.3 is 10.1 Å². The van der Waals surface area contributed by atoms with Crippen molar-refractivity contribution in [1.29, 1.82) is 0 Å². The molecular weight excluding hydrogens is 351 g/mol. The highest BCUT2D eigenvalue weighted by Crippen LogP contribution is 2.32. The second-order valence-electron chi connectivity index (χ2n) is 5.35. The monoisotopic (exact) mass is 362 g/mol. The Hall–Kier alpha value is -2.37. The third-order valence-corrected chi connectivity index (χ3v) is 4.25. The van der Waals surface area contributed by atoms with Crippen molar-refractivity contribution in [1.82, 2.24) is 9.97 Å². The summed E-state index contributed by atoms with van der Waals surface area (Å²) in [6, 6.07) is 8.08. The quantitative estimate of drug-likeness (QED) is 0.678. The summed E-state index contributed by atoms with van der Waals surface area (Å²) in [7, 11) is 0. The summed E-state index contributed by atoms with van der Waals surface area (Å²) in [5.74, 6) is -2.32. The van der Waals surface area contributed by atoms with Gasteiger partial charge in [0.2, 0.25) is 5.78 Å². The number of nitrogens with zero attached hydrogens (tertiary/aromatic N) is 1. The highest BCUT2D eigenvalue weighted by molar-refractivity contribution is 6.31. The average Bonchev–Trinajstić information content (AvgIpc) is 2.92. The number of hydrogen-bond acceptors (Lipinski definition) is 3. The Morgan fingerprint density at radius 1 is 1.17 bits per heavy atom. The minimum Gasteiger partial charge on any atom is -0.481 e. The molecule has 7 heteroatoms. The Morgan fingerprint density at radius 2 is 1.88 bits per heavy atom. The Kier molecular flexibility index (Phi) is 4.30. The molecule has 122 valence electrons. The van der Waals surface area contributed by atoms with Crippen molar-refractivity contribution in [3.8, 4) is 0 Å². The first-order valence-electron chi connectivity index (χ1n) is 7.08. The molecule has 0 fully saturated rings. The van der Waals surface area contributed by atoms with Crippen LogP contribution in [0.2, 0.25) is 10.0 Å². The zero-order valence-electron chi connectivity index (χ0n) is 12.5. The number of benzene rings is 1. The number of carboxylic acids is 1. The van der Waals surface area contributed by atoms with Crippen LogP contribution in [0.4, 0.5) is 0 Å². The fraction of sp³-hybridized carbons (Fsp3) is 0.118. The van der Waals surface area contributed by atoms with E-state index in [1.165, 1.54) is 19.2 Å². The average molecular weight is 363 g/mol. The number of rotatable bonds is 4. The molecule has 2 heterocycles. The van der Waals surface area contributed by atoms with Gasteiger partial charge in [0.25, 0.3) is 0 Å². The van der Waals surface area contributed by atoms with Gasteiger partial charge in [-0.3, -0.25) is 14.6 Å². The summed E-state index contributed by atoms with van der Waals surface area (Å²) >= 11 is 11.8. The third-order valence-electron chi connectivity index (χ3n) is 3.79. The summed E-state index contributed by atoms with van der Waals surface area (Å²) in [5.41, 5.74) is 1.40. The maximum absolute atomic E-state index is 12.8. The minimum atomic E-state index is -1.03. The van der Waals surface area contributed by atoms with E-state index in [1.54, 1.807) is 24.3 Å². The van der Waals surface area contributed by atoms with Crippen LogP contribution in [0.5, 0.6) is 0 Å². The van der Waals surface area contributed by atoms with Crippen molar-refractivity contribution in [2.75, 3.05) is 0 Å². The number of carbonyl (C=O) groups excluding carboxylic acids is 1. The van der Waals surface area contributed by atoms with Gasteiger partial charge in [-0.05, 0) is 37.3 Å². The van der Waals surface area contributed by atoms with Gasteiger partial charge in [-0.2, -0.15) is 0 Å². The molecular formula is C17H12Cl2N2O3. The van der Waals surface area contributed by atoms with Crippen molar-refractivity contribution in [3.63, 3.8) is 0 Å². The lowest BCUT2D eigenvalue weighted by Gasteiger charge is -2.08. The molecule has 0 bridgehead atoms. The van der Waals surface area contributed by atoms with Gasteiger partial charge in [0.1, 0.15) is 5.69 Å². The van der Waals surface area contributed by atoms with E-state index in [0.29, 0.717) is 26.5 Å². The largest absolute Gasteiger partial charge is 0.481 e. The second kappa shape index (κ2) is 6.26. The number of aliphatic carboxylic acids is 1. The Bertz CT molecular complexity index is 948. The molecule has 1 aromatic carbocycles. The number of halogens is 2. The van der Waals surface area contributed by atoms with Crippen LogP contribution in [0.25, 0.3) is 10.9 Å². The molecule has 0 aliphatic rings. The van der Waals surface area contributed by atoms with Gasteiger partial charge in [0.15, 0.2) is 0 Å². The smallest absolute Gasteiger partial charge is 0.310 e. The molecule has 24 heavy (non-hydrogen) atoms. The number of pyridine rings is 1. The number of H-pyrrole nitrogens is 1. The van der Waals surface area contributed by atoms with E-state index in [9.17, 15) is 14.7 Å². The fourth-order valence-electron chi connectivity index (χ4n) is 2.58. The molecule has 1 atom stereocenters. The standard InChI is InChI=1S/C17H12Cl2N2O3/c1-8(17(23)24)14-11-6-9(18)2-4-12(11)21-15(14)16(22)13-5-3-10(19)7-20-13/h2-8,21H,1H3,(H,23,24). The molecule has 5 nitrogen and oxygen atoms in total. The highest BCUT2D eigenvalue weighted by Gasteiger charge is 2.27. The summed E-state index contributed by atoms with van der Waals surface area (Å²) < 4.78 is 0. The van der Waals surface area contributed by atoms with Crippen molar-refractivity contribution in [3.05, 3.63) is 63.5 Å². The third kappa shape index (κ3) is 2.88. The van der Waals surface area contributed by atoms with Gasteiger partial charge >= 0.3 is 5.97 Å². The molecule has 2 aromatic heterocycles. The number of ketones is 1. The van der Waals surface area contributed by atoms with Crippen molar-refractivity contribution >= 4 is 45.9 Å². The van der Waals surface area contributed by atoms with Crippen LogP contribution < -0.4 is 0 Å². The Balaban J connectivity index is 2.22. The van der Waals surface area contributed by atoms with Crippen molar-refractivity contribution < 1.29 is 14.7 Å². The zero-order chi connectivity index (χ0) is 17.4.